The molecule has 0 spiro atoms. The highest BCUT2D eigenvalue weighted by Gasteiger charge is 2.26. The van der Waals surface area contributed by atoms with E-state index in [0.717, 1.165) is 37.4 Å². The van der Waals surface area contributed by atoms with E-state index in [4.69, 9.17) is 4.42 Å². The van der Waals surface area contributed by atoms with E-state index < -0.39 is 0 Å². The molecule has 0 aliphatic carbocycles. The van der Waals surface area contributed by atoms with E-state index >= 15 is 0 Å². The highest BCUT2D eigenvalue weighted by molar-refractivity contribution is 5.58. The lowest BCUT2D eigenvalue weighted by Gasteiger charge is -2.38. The molecule has 1 aromatic heterocycles. The highest BCUT2D eigenvalue weighted by atomic mass is 16.4. The average molecular weight is 364 g/mol. The first kappa shape index (κ1) is 17.5. The largest absolute Gasteiger partial charge is 0.506 e. The third-order valence-corrected chi connectivity index (χ3v) is 5.15. The van der Waals surface area contributed by atoms with Crippen LogP contribution in [-0.2, 0) is 0 Å². The number of phenolic OH excluding ortho intramolecular Hbond substituents is 1. The number of aryl methyl sites for hydroxylation is 1. The van der Waals surface area contributed by atoms with Gasteiger partial charge in [0.25, 0.3) is 0 Å². The maximum absolute atomic E-state index is 10.1. The predicted octanol–water partition coefficient (Wildman–Crippen LogP) is 3.63. The zero-order valence-corrected chi connectivity index (χ0v) is 15.7. The second-order valence-electron chi connectivity index (χ2n) is 7.00. The van der Waals surface area contributed by atoms with Crippen LogP contribution in [0.3, 0.4) is 0 Å². The summed E-state index contributed by atoms with van der Waals surface area (Å²) in [7, 11) is 0. The number of para-hydroxylation sites is 2. The van der Waals surface area contributed by atoms with Crippen LogP contribution in [0.25, 0.3) is 11.5 Å². The van der Waals surface area contributed by atoms with Gasteiger partial charge in [-0.05, 0) is 38.1 Å². The summed E-state index contributed by atoms with van der Waals surface area (Å²) in [5, 5.41) is 18.6. The smallest absolute Gasteiger partial charge is 0.247 e. The molecule has 1 aliphatic rings. The Labute approximate surface area is 159 Å². The fourth-order valence-electron chi connectivity index (χ4n) is 3.54. The number of benzene rings is 2. The molecule has 1 atom stereocenters. The van der Waals surface area contributed by atoms with E-state index in [0.29, 0.717) is 17.5 Å². The molecular formula is C21H24N4O2. The number of anilines is 1. The monoisotopic (exact) mass is 364 g/mol. The van der Waals surface area contributed by atoms with E-state index in [9.17, 15) is 5.11 Å². The Kier molecular flexibility index (Phi) is 4.81. The molecule has 1 aliphatic heterocycles. The molecule has 2 aromatic carbocycles. The Morgan fingerprint density at radius 2 is 1.78 bits per heavy atom. The topological polar surface area (TPSA) is 65.6 Å². The summed E-state index contributed by atoms with van der Waals surface area (Å²) in [5.41, 5.74) is 3.01. The van der Waals surface area contributed by atoms with Gasteiger partial charge in [-0.15, -0.1) is 10.2 Å². The van der Waals surface area contributed by atoms with Crippen LogP contribution in [0.5, 0.6) is 5.75 Å². The Balaban J connectivity index is 1.43. The third kappa shape index (κ3) is 3.66. The lowest BCUT2D eigenvalue weighted by molar-refractivity contribution is 0.173. The quantitative estimate of drug-likeness (QED) is 0.763. The molecule has 6 nitrogen and oxygen atoms in total. The predicted molar refractivity (Wildman–Crippen MR) is 105 cm³/mol. The molecular weight excluding hydrogens is 340 g/mol. The summed E-state index contributed by atoms with van der Waals surface area (Å²) in [4.78, 5) is 4.55. The Morgan fingerprint density at radius 1 is 1.00 bits per heavy atom. The van der Waals surface area contributed by atoms with Gasteiger partial charge in [0.1, 0.15) is 5.75 Å². The minimum absolute atomic E-state index is 0.0579. The van der Waals surface area contributed by atoms with Gasteiger partial charge in [-0.3, -0.25) is 4.90 Å². The number of aromatic hydroxyl groups is 1. The molecule has 27 heavy (non-hydrogen) atoms. The maximum atomic E-state index is 10.1. The van der Waals surface area contributed by atoms with Crippen molar-refractivity contribution in [3.63, 3.8) is 0 Å². The number of hydrogen-bond acceptors (Lipinski definition) is 6. The van der Waals surface area contributed by atoms with Crippen LogP contribution in [-0.4, -0.2) is 46.4 Å². The van der Waals surface area contributed by atoms with Crippen molar-refractivity contribution in [2.75, 3.05) is 31.1 Å². The molecule has 1 saturated heterocycles. The van der Waals surface area contributed by atoms with Crippen molar-refractivity contribution in [3.8, 4) is 17.2 Å². The molecule has 4 rings (SSSR count). The second kappa shape index (κ2) is 7.40. The summed E-state index contributed by atoms with van der Waals surface area (Å²) in [6, 6.07) is 15.6. The molecule has 0 unspecified atom stereocenters. The van der Waals surface area contributed by atoms with Gasteiger partial charge in [0.15, 0.2) is 0 Å². The van der Waals surface area contributed by atoms with Gasteiger partial charge in [-0.2, -0.15) is 0 Å². The van der Waals surface area contributed by atoms with Gasteiger partial charge in [0.2, 0.25) is 11.8 Å². The van der Waals surface area contributed by atoms with Crippen molar-refractivity contribution >= 4 is 5.69 Å². The lowest BCUT2D eigenvalue weighted by Crippen LogP contribution is -2.47. The van der Waals surface area contributed by atoms with E-state index in [1.54, 1.807) is 6.07 Å². The van der Waals surface area contributed by atoms with Crippen LogP contribution < -0.4 is 4.90 Å². The first-order valence-electron chi connectivity index (χ1n) is 9.29. The van der Waals surface area contributed by atoms with Crippen LogP contribution in [0, 0.1) is 6.92 Å². The van der Waals surface area contributed by atoms with Gasteiger partial charge >= 0.3 is 0 Å². The van der Waals surface area contributed by atoms with Crippen molar-refractivity contribution < 1.29 is 9.52 Å². The number of rotatable bonds is 4. The average Bonchev–Trinajstić information content (AvgIpc) is 3.18. The summed E-state index contributed by atoms with van der Waals surface area (Å²) in [6.07, 6.45) is 0. The van der Waals surface area contributed by atoms with Crippen LogP contribution in [0.2, 0.25) is 0 Å². The Bertz CT molecular complexity index is 916. The molecule has 1 N–H and O–H groups in total. The fraction of sp³-hybridized carbons (Fsp3) is 0.333. The minimum Gasteiger partial charge on any atom is -0.506 e. The standard InChI is InChI=1S/C21H24N4O2/c1-15-6-5-7-17(14-15)21-23-22-20(27-21)16(2)24-10-12-25(13-11-24)18-8-3-4-9-19(18)26/h3-9,14,16,26H,10-13H2,1-2H3/t16-/m1/s1. The van der Waals surface area contributed by atoms with Crippen molar-refractivity contribution in [3.05, 3.63) is 60.0 Å². The molecule has 3 aromatic rings. The number of piperazine rings is 1. The summed E-state index contributed by atoms with van der Waals surface area (Å²) < 4.78 is 5.95. The Morgan fingerprint density at radius 3 is 2.52 bits per heavy atom. The van der Waals surface area contributed by atoms with Crippen LogP contribution in [0.4, 0.5) is 5.69 Å². The van der Waals surface area contributed by atoms with Gasteiger partial charge in [0.05, 0.1) is 11.7 Å². The first-order valence-corrected chi connectivity index (χ1v) is 9.29. The van der Waals surface area contributed by atoms with Crippen molar-refractivity contribution in [1.82, 2.24) is 15.1 Å². The molecule has 0 amide bonds. The molecule has 2 heterocycles. The molecule has 0 saturated carbocycles. The van der Waals surface area contributed by atoms with Gasteiger partial charge in [-0.1, -0.05) is 29.8 Å². The summed E-state index contributed by atoms with van der Waals surface area (Å²) in [6.45, 7) is 7.59. The number of nitrogens with zero attached hydrogens (tertiary/aromatic N) is 4. The lowest BCUT2D eigenvalue weighted by atomic mass is 10.1. The zero-order valence-electron chi connectivity index (χ0n) is 15.7. The number of phenols is 1. The number of aromatic nitrogens is 2. The minimum atomic E-state index is 0.0579. The van der Waals surface area contributed by atoms with E-state index in [2.05, 4.69) is 26.9 Å². The summed E-state index contributed by atoms with van der Waals surface area (Å²) in [5.74, 6) is 1.54. The molecule has 0 radical (unpaired) electrons. The van der Waals surface area contributed by atoms with Gasteiger partial charge < -0.3 is 14.4 Å². The third-order valence-electron chi connectivity index (χ3n) is 5.15. The van der Waals surface area contributed by atoms with Crippen LogP contribution in [0.15, 0.2) is 52.9 Å². The number of hydrogen-bond donors (Lipinski definition) is 1. The summed E-state index contributed by atoms with van der Waals surface area (Å²) >= 11 is 0. The fourth-order valence-corrected chi connectivity index (χ4v) is 3.54. The van der Waals surface area contributed by atoms with Crippen LogP contribution >= 0.6 is 0 Å². The van der Waals surface area contributed by atoms with Crippen molar-refractivity contribution in [2.24, 2.45) is 0 Å². The normalized spacial score (nSPS) is 16.4. The molecule has 140 valence electrons. The van der Waals surface area contributed by atoms with Crippen molar-refractivity contribution in [1.29, 1.82) is 0 Å². The van der Waals surface area contributed by atoms with Gasteiger partial charge in [0, 0.05) is 31.7 Å². The molecule has 0 bridgehead atoms. The SMILES string of the molecule is Cc1cccc(-c2nnc([C@@H](C)N3CCN(c4ccccc4O)CC3)o2)c1. The van der Waals surface area contributed by atoms with Crippen molar-refractivity contribution in [2.45, 2.75) is 19.9 Å². The second-order valence-corrected chi connectivity index (χ2v) is 7.00. The maximum Gasteiger partial charge on any atom is 0.247 e. The van der Waals surface area contributed by atoms with Gasteiger partial charge in [-0.25, -0.2) is 0 Å². The molecule has 1 fully saturated rings. The van der Waals surface area contributed by atoms with E-state index in [1.807, 2.05) is 49.4 Å². The van der Waals surface area contributed by atoms with E-state index in [1.165, 1.54) is 5.56 Å². The van der Waals surface area contributed by atoms with E-state index in [-0.39, 0.29) is 6.04 Å². The molecule has 6 heteroatoms. The zero-order chi connectivity index (χ0) is 18.8. The Hall–Kier alpha value is -2.86. The first-order chi connectivity index (χ1) is 13.1. The van der Waals surface area contributed by atoms with Crippen LogP contribution in [0.1, 0.15) is 24.4 Å². The highest BCUT2D eigenvalue weighted by Crippen LogP contribution is 2.29.